The minimum Gasteiger partial charge on any atom is -0.316 e. The fourth-order valence-electron chi connectivity index (χ4n) is 3.84. The number of nitrogens with zero attached hydrogens (tertiary/aromatic N) is 2. The second kappa shape index (κ2) is 6.52. The molecule has 0 saturated heterocycles. The smallest absolute Gasteiger partial charge is 0.202 e. The molecular weight excluding hydrogens is 342 g/mol. The summed E-state index contributed by atoms with van der Waals surface area (Å²) in [5, 5.41) is 11.2. The molecule has 3 nitrogen and oxygen atoms in total. The van der Waals surface area contributed by atoms with E-state index in [4.69, 9.17) is 5.41 Å². The lowest BCUT2D eigenvalue weighted by Crippen LogP contribution is -2.39. The lowest BCUT2D eigenvalue weighted by molar-refractivity contribution is 0.590. The van der Waals surface area contributed by atoms with Crippen LogP contribution in [0, 0.1) is 5.41 Å². The van der Waals surface area contributed by atoms with Crippen LogP contribution in [0.15, 0.2) is 54.6 Å². The topological polar surface area (TPSA) is 30.3 Å². The molecule has 28 heavy (non-hydrogen) atoms. The zero-order chi connectivity index (χ0) is 20.1. The molecule has 0 aromatic heterocycles. The molecule has 1 N–H and O–H groups in total. The van der Waals surface area contributed by atoms with E-state index in [1.54, 1.807) is 0 Å². The van der Waals surface area contributed by atoms with Crippen LogP contribution in [-0.4, -0.2) is 20.1 Å². The molecule has 3 aromatic rings. The maximum absolute atomic E-state index is 8.79. The fraction of sp³-hybridized carbons (Fsp3) is 0.240. The van der Waals surface area contributed by atoms with Crippen molar-refractivity contribution in [3.63, 3.8) is 0 Å². The van der Waals surface area contributed by atoms with Gasteiger partial charge in [0.25, 0.3) is 0 Å². The average Bonchev–Trinajstić information content (AvgIpc) is 3.11. The van der Waals surface area contributed by atoms with E-state index in [1.807, 2.05) is 23.9 Å². The molecule has 0 unspecified atom stereocenters. The van der Waals surface area contributed by atoms with Gasteiger partial charge in [-0.1, -0.05) is 69.3 Å². The Labute approximate surface area is 167 Å². The van der Waals surface area contributed by atoms with Crippen LogP contribution in [0.2, 0.25) is 0 Å². The van der Waals surface area contributed by atoms with Gasteiger partial charge < -0.3 is 9.80 Å². The summed E-state index contributed by atoms with van der Waals surface area (Å²) >= 11 is 0. The van der Waals surface area contributed by atoms with E-state index in [0.717, 1.165) is 11.4 Å². The molecule has 1 aliphatic rings. The lowest BCUT2D eigenvalue weighted by atomic mass is 9.87. The first-order valence-corrected chi connectivity index (χ1v) is 9.68. The standard InChI is InChI=1S/C25H27N3/c1-25(2,3)19-12-14-20(15-13-19)27(4)24(26)28(5)22-16-11-18-10-9-17-7-6-8-21(22)23(17)18/h6-16,26H,1-5H3. The Bertz CT molecular complexity index is 1070. The molecule has 0 amide bonds. The molecule has 3 aromatic carbocycles. The molecule has 0 bridgehead atoms. The highest BCUT2D eigenvalue weighted by atomic mass is 15.3. The third-order valence-electron chi connectivity index (χ3n) is 5.64. The van der Waals surface area contributed by atoms with Crippen molar-refractivity contribution in [2.45, 2.75) is 26.2 Å². The van der Waals surface area contributed by atoms with Gasteiger partial charge in [0.1, 0.15) is 0 Å². The second-order valence-corrected chi connectivity index (χ2v) is 8.52. The zero-order valence-electron chi connectivity index (χ0n) is 17.2. The predicted molar refractivity (Wildman–Crippen MR) is 123 cm³/mol. The Balaban J connectivity index is 1.65. The lowest BCUT2D eigenvalue weighted by Gasteiger charge is -2.29. The van der Waals surface area contributed by atoms with Crippen molar-refractivity contribution < 1.29 is 0 Å². The van der Waals surface area contributed by atoms with Gasteiger partial charge in [-0.2, -0.15) is 0 Å². The third-order valence-corrected chi connectivity index (χ3v) is 5.64. The zero-order valence-corrected chi connectivity index (χ0v) is 17.2. The van der Waals surface area contributed by atoms with Crippen LogP contribution < -0.4 is 9.80 Å². The van der Waals surface area contributed by atoms with Gasteiger partial charge in [-0.3, -0.25) is 5.41 Å². The Hall–Kier alpha value is -3.07. The normalized spacial score (nSPS) is 12.5. The van der Waals surface area contributed by atoms with E-state index in [0.29, 0.717) is 5.96 Å². The molecule has 0 heterocycles. The van der Waals surface area contributed by atoms with Gasteiger partial charge in [-0.25, -0.2) is 0 Å². The van der Waals surface area contributed by atoms with Crippen LogP contribution in [-0.2, 0) is 5.41 Å². The Morgan fingerprint density at radius 2 is 1.43 bits per heavy atom. The number of rotatable bonds is 2. The SMILES string of the molecule is CN(C(=N)N(C)c1ccc2c3c(cccc13)C=C2)c1ccc(C(C)(C)C)cc1. The second-order valence-electron chi connectivity index (χ2n) is 8.52. The molecule has 1 aliphatic carbocycles. The van der Waals surface area contributed by atoms with Crippen LogP contribution in [0.25, 0.3) is 22.9 Å². The average molecular weight is 370 g/mol. The highest BCUT2D eigenvalue weighted by Gasteiger charge is 2.19. The van der Waals surface area contributed by atoms with Crippen molar-refractivity contribution >= 4 is 40.3 Å². The number of nitrogens with one attached hydrogen (secondary N) is 1. The summed E-state index contributed by atoms with van der Waals surface area (Å²) in [6.45, 7) is 6.64. The molecule has 3 heteroatoms. The van der Waals surface area contributed by atoms with Gasteiger partial charge in [-0.05, 0) is 45.7 Å². The van der Waals surface area contributed by atoms with Crippen molar-refractivity contribution in [2.75, 3.05) is 23.9 Å². The molecule has 0 aliphatic heterocycles. The summed E-state index contributed by atoms with van der Waals surface area (Å²) in [5.41, 5.74) is 5.98. The van der Waals surface area contributed by atoms with Crippen molar-refractivity contribution in [2.24, 2.45) is 0 Å². The van der Waals surface area contributed by atoms with Gasteiger partial charge in [0, 0.05) is 25.2 Å². The molecule has 0 spiro atoms. The first kappa shape index (κ1) is 18.3. The highest BCUT2D eigenvalue weighted by molar-refractivity contribution is 6.14. The Kier molecular flexibility index (Phi) is 4.26. The first-order valence-electron chi connectivity index (χ1n) is 9.68. The number of hydrogen-bond donors (Lipinski definition) is 1. The van der Waals surface area contributed by atoms with Gasteiger partial charge in [-0.15, -0.1) is 0 Å². The largest absolute Gasteiger partial charge is 0.316 e. The van der Waals surface area contributed by atoms with Gasteiger partial charge >= 0.3 is 0 Å². The quantitative estimate of drug-likeness (QED) is 0.340. The fourth-order valence-corrected chi connectivity index (χ4v) is 3.84. The Morgan fingerprint density at radius 1 is 0.786 bits per heavy atom. The van der Waals surface area contributed by atoms with Crippen LogP contribution in [0.3, 0.4) is 0 Å². The van der Waals surface area contributed by atoms with Gasteiger partial charge in [0.15, 0.2) is 0 Å². The minimum absolute atomic E-state index is 0.125. The number of guanidine groups is 1. The van der Waals surface area contributed by atoms with Crippen molar-refractivity contribution in [3.05, 3.63) is 71.3 Å². The van der Waals surface area contributed by atoms with E-state index in [1.165, 1.54) is 27.5 Å². The van der Waals surface area contributed by atoms with Crippen molar-refractivity contribution in [1.82, 2.24) is 0 Å². The summed E-state index contributed by atoms with van der Waals surface area (Å²) in [7, 11) is 3.92. The summed E-state index contributed by atoms with van der Waals surface area (Å²) in [4.78, 5) is 3.88. The van der Waals surface area contributed by atoms with Crippen LogP contribution in [0.1, 0.15) is 37.5 Å². The van der Waals surface area contributed by atoms with E-state index in [2.05, 4.69) is 87.5 Å². The molecule has 0 atom stereocenters. The van der Waals surface area contributed by atoms with E-state index >= 15 is 0 Å². The summed E-state index contributed by atoms with van der Waals surface area (Å²) in [5.74, 6) is 0.440. The predicted octanol–water partition coefficient (Wildman–Crippen LogP) is 6.13. The maximum atomic E-state index is 8.79. The molecule has 0 radical (unpaired) electrons. The summed E-state index contributed by atoms with van der Waals surface area (Å²) in [6, 6.07) is 19.1. The van der Waals surface area contributed by atoms with Crippen molar-refractivity contribution in [1.29, 1.82) is 5.41 Å². The highest BCUT2D eigenvalue weighted by Crippen LogP contribution is 2.37. The molecule has 4 rings (SSSR count). The molecule has 142 valence electrons. The van der Waals surface area contributed by atoms with Crippen molar-refractivity contribution in [3.8, 4) is 0 Å². The first-order chi connectivity index (χ1) is 13.3. The Morgan fingerprint density at radius 3 is 2.07 bits per heavy atom. The monoisotopic (exact) mass is 369 g/mol. The third kappa shape index (κ3) is 2.97. The molecule has 0 fully saturated rings. The summed E-state index contributed by atoms with van der Waals surface area (Å²) < 4.78 is 0. The van der Waals surface area contributed by atoms with E-state index in [-0.39, 0.29) is 5.41 Å². The maximum Gasteiger partial charge on any atom is 0.202 e. The van der Waals surface area contributed by atoms with Crippen LogP contribution >= 0.6 is 0 Å². The minimum atomic E-state index is 0.125. The molecule has 0 saturated carbocycles. The van der Waals surface area contributed by atoms with Gasteiger partial charge in [0.2, 0.25) is 5.96 Å². The van der Waals surface area contributed by atoms with Gasteiger partial charge in [0.05, 0.1) is 5.69 Å². The van der Waals surface area contributed by atoms with Crippen LogP contribution in [0.4, 0.5) is 11.4 Å². The number of hydrogen-bond acceptors (Lipinski definition) is 1. The number of benzene rings is 3. The van der Waals surface area contributed by atoms with E-state index < -0.39 is 0 Å². The summed E-state index contributed by atoms with van der Waals surface area (Å²) in [6.07, 6.45) is 4.32. The number of anilines is 2. The molecular formula is C25H27N3. The van der Waals surface area contributed by atoms with E-state index in [9.17, 15) is 0 Å². The van der Waals surface area contributed by atoms with Crippen LogP contribution in [0.5, 0.6) is 0 Å².